The van der Waals surface area contributed by atoms with E-state index >= 15 is 0 Å². The number of phenolic OH excluding ortho intramolecular Hbond substituents is 1. The van der Waals surface area contributed by atoms with Gasteiger partial charge in [-0.05, 0) is 41.2 Å². The van der Waals surface area contributed by atoms with E-state index in [1.807, 2.05) is 17.0 Å². The molecule has 214 valence electrons. The highest BCUT2D eigenvalue weighted by atomic mass is 28.3. The molecule has 10 heteroatoms. The van der Waals surface area contributed by atoms with Crippen molar-refractivity contribution in [2.45, 2.75) is 84.0 Å². The Balaban J connectivity index is 1.61. The van der Waals surface area contributed by atoms with E-state index < -0.39 is 37.9 Å². The number of ether oxygens (including phenoxy) is 2. The van der Waals surface area contributed by atoms with Gasteiger partial charge in [0.25, 0.3) is 0 Å². The molecule has 40 heavy (non-hydrogen) atoms. The predicted molar refractivity (Wildman–Crippen MR) is 153 cm³/mol. The van der Waals surface area contributed by atoms with Crippen LogP contribution in [0.1, 0.15) is 58.1 Å². The van der Waals surface area contributed by atoms with Crippen LogP contribution in [0.2, 0.25) is 19.1 Å². The van der Waals surface area contributed by atoms with Gasteiger partial charge in [-0.15, -0.1) is 0 Å². The number of benzene rings is 1. The van der Waals surface area contributed by atoms with Gasteiger partial charge in [-0.1, -0.05) is 59.3 Å². The van der Waals surface area contributed by atoms with Crippen LogP contribution in [0.15, 0.2) is 46.6 Å². The number of nitrogens with one attached hydrogen (secondary N) is 1. The van der Waals surface area contributed by atoms with Gasteiger partial charge >= 0.3 is 11.9 Å². The lowest BCUT2D eigenvalue weighted by molar-refractivity contribution is -0.181. The number of carbonyl (C=O) groups excluding carboxylic acids is 3. The molecule has 0 saturated carbocycles. The highest BCUT2D eigenvalue weighted by Gasteiger charge is 2.59. The molecule has 3 heterocycles. The number of carbonyl (C=O) groups is 3. The first kappa shape index (κ1) is 28.2. The number of phenols is 1. The average Bonchev–Trinajstić information content (AvgIpc) is 3.24. The summed E-state index contributed by atoms with van der Waals surface area (Å²) in [6.07, 6.45) is 3.20. The molecule has 5 rings (SSSR count). The summed E-state index contributed by atoms with van der Waals surface area (Å²) in [5.41, 5.74) is 7.29. The van der Waals surface area contributed by atoms with E-state index in [1.54, 1.807) is 19.1 Å². The zero-order valence-electron chi connectivity index (χ0n) is 24.1. The number of aromatic hydroxyl groups is 1. The monoisotopic (exact) mass is 565 g/mol. The second-order valence-corrected chi connectivity index (χ2v) is 18.0. The minimum absolute atomic E-state index is 0.0843. The van der Waals surface area contributed by atoms with E-state index in [-0.39, 0.29) is 29.8 Å². The largest absolute Gasteiger partial charge is 0.508 e. The lowest BCUT2D eigenvalue weighted by Gasteiger charge is -2.46. The predicted octanol–water partition coefficient (Wildman–Crippen LogP) is 3.85. The highest BCUT2D eigenvalue weighted by molar-refractivity contribution is 6.80. The molecule has 3 aliphatic heterocycles. The Bertz CT molecular complexity index is 1400. The topological polar surface area (TPSA) is 131 Å². The van der Waals surface area contributed by atoms with Crippen molar-refractivity contribution in [3.05, 3.63) is 57.7 Å². The van der Waals surface area contributed by atoms with Gasteiger partial charge in [-0.3, -0.25) is 9.59 Å². The summed E-state index contributed by atoms with van der Waals surface area (Å²) in [6, 6.07) is 6.05. The SMILES string of the molecule is CCC1(OC(=O)CN)C(=O)OC([Si](C)(C)CCC(C)(C)C)C2=C1CC1=C(C2=O)N2Cc3ccc(O)cc3C=C2N1. The molecule has 1 aromatic rings. The number of ketones is 1. The lowest BCUT2D eigenvalue weighted by Crippen LogP contribution is -2.60. The number of cyclic esters (lactones) is 1. The number of fused-ring (bicyclic) bond motifs is 3. The Morgan fingerprint density at radius 1 is 1.30 bits per heavy atom. The maximum absolute atomic E-state index is 14.6. The van der Waals surface area contributed by atoms with Gasteiger partial charge in [-0.2, -0.15) is 0 Å². The Morgan fingerprint density at radius 2 is 2.02 bits per heavy atom. The molecule has 0 amide bonds. The molecule has 2 atom stereocenters. The maximum atomic E-state index is 14.6. The summed E-state index contributed by atoms with van der Waals surface area (Å²) in [5.74, 6) is -0.666. The van der Waals surface area contributed by atoms with Gasteiger partial charge < -0.3 is 30.5 Å². The quantitative estimate of drug-likeness (QED) is 0.348. The normalized spacial score (nSPS) is 24.0. The Kier molecular flexibility index (Phi) is 6.78. The van der Waals surface area contributed by atoms with Crippen molar-refractivity contribution >= 4 is 31.9 Å². The zero-order chi connectivity index (χ0) is 29.2. The van der Waals surface area contributed by atoms with Crippen molar-refractivity contribution in [1.82, 2.24) is 10.2 Å². The molecule has 4 N–H and O–H groups in total. The van der Waals surface area contributed by atoms with E-state index in [9.17, 15) is 19.5 Å². The third kappa shape index (κ3) is 4.56. The van der Waals surface area contributed by atoms with Gasteiger partial charge in [0.05, 0.1) is 13.1 Å². The van der Waals surface area contributed by atoms with Crippen LogP contribution in [0, 0.1) is 5.41 Å². The van der Waals surface area contributed by atoms with Crippen LogP contribution >= 0.6 is 0 Å². The van der Waals surface area contributed by atoms with Gasteiger partial charge in [0, 0.05) is 23.3 Å². The molecule has 2 unspecified atom stereocenters. The zero-order valence-corrected chi connectivity index (χ0v) is 25.1. The number of nitrogens with two attached hydrogens (primary N) is 1. The maximum Gasteiger partial charge on any atom is 0.355 e. The van der Waals surface area contributed by atoms with Crippen molar-refractivity contribution in [2.75, 3.05) is 6.54 Å². The molecule has 0 fully saturated rings. The van der Waals surface area contributed by atoms with Crippen molar-refractivity contribution in [3.63, 3.8) is 0 Å². The first-order valence-electron chi connectivity index (χ1n) is 13.9. The third-order valence-corrected chi connectivity index (χ3v) is 11.9. The second-order valence-electron chi connectivity index (χ2n) is 13.0. The fraction of sp³-hybridized carbons (Fsp3) is 0.500. The van der Waals surface area contributed by atoms with Gasteiger partial charge in [-0.25, -0.2) is 4.79 Å². The van der Waals surface area contributed by atoms with Crippen molar-refractivity contribution in [1.29, 1.82) is 0 Å². The number of hydrogen-bond donors (Lipinski definition) is 3. The Morgan fingerprint density at radius 3 is 2.67 bits per heavy atom. The van der Waals surface area contributed by atoms with Crippen LogP contribution in [-0.4, -0.2) is 53.7 Å². The smallest absolute Gasteiger partial charge is 0.355 e. The van der Waals surface area contributed by atoms with Crippen LogP contribution in [0.5, 0.6) is 5.75 Å². The Hall–Kier alpha value is -3.37. The second kappa shape index (κ2) is 9.62. The van der Waals surface area contributed by atoms with E-state index in [0.717, 1.165) is 29.4 Å². The number of esters is 2. The van der Waals surface area contributed by atoms with E-state index in [4.69, 9.17) is 15.2 Å². The minimum atomic E-state index is -2.37. The van der Waals surface area contributed by atoms with E-state index in [0.29, 0.717) is 29.1 Å². The summed E-state index contributed by atoms with van der Waals surface area (Å²) >= 11 is 0. The first-order valence-corrected chi connectivity index (χ1v) is 17.2. The van der Waals surface area contributed by atoms with Gasteiger partial charge in [0.15, 0.2) is 0 Å². The van der Waals surface area contributed by atoms with Crippen LogP contribution in [0.3, 0.4) is 0 Å². The molecule has 0 saturated heterocycles. The molecular formula is C30H39N3O6Si. The van der Waals surface area contributed by atoms with Crippen molar-refractivity contribution < 1.29 is 29.0 Å². The molecule has 0 spiro atoms. The van der Waals surface area contributed by atoms with E-state index in [1.165, 1.54) is 0 Å². The van der Waals surface area contributed by atoms with Gasteiger partial charge in [0.2, 0.25) is 11.4 Å². The van der Waals surface area contributed by atoms with Crippen molar-refractivity contribution in [3.8, 4) is 5.75 Å². The highest BCUT2D eigenvalue weighted by Crippen LogP contribution is 2.49. The molecule has 0 bridgehead atoms. The summed E-state index contributed by atoms with van der Waals surface area (Å²) in [5, 5.41) is 13.4. The van der Waals surface area contributed by atoms with Crippen molar-refractivity contribution in [2.24, 2.45) is 11.1 Å². The minimum Gasteiger partial charge on any atom is -0.508 e. The van der Waals surface area contributed by atoms with Gasteiger partial charge in [0.1, 0.15) is 31.1 Å². The Labute approximate surface area is 236 Å². The fourth-order valence-electron chi connectivity index (χ4n) is 6.11. The first-order chi connectivity index (χ1) is 18.7. The summed E-state index contributed by atoms with van der Waals surface area (Å²) in [6.45, 7) is 12.7. The number of nitrogens with zero attached hydrogens (tertiary/aromatic N) is 1. The summed E-state index contributed by atoms with van der Waals surface area (Å²) < 4.78 is 12.0. The van der Waals surface area contributed by atoms with Crippen LogP contribution in [-0.2, 0) is 30.4 Å². The number of allylic oxidation sites excluding steroid dienone is 2. The molecular weight excluding hydrogens is 526 g/mol. The lowest BCUT2D eigenvalue weighted by atomic mass is 9.77. The molecule has 0 aromatic heterocycles. The molecule has 1 aromatic carbocycles. The van der Waals surface area contributed by atoms with Crippen LogP contribution in [0.25, 0.3) is 6.08 Å². The third-order valence-electron chi connectivity index (χ3n) is 8.50. The molecule has 0 radical (unpaired) electrons. The number of hydrogen-bond acceptors (Lipinski definition) is 9. The molecule has 4 aliphatic rings. The summed E-state index contributed by atoms with van der Waals surface area (Å²) in [7, 11) is -2.37. The summed E-state index contributed by atoms with van der Waals surface area (Å²) in [4.78, 5) is 42.8. The van der Waals surface area contributed by atoms with Crippen LogP contribution in [0.4, 0.5) is 0 Å². The van der Waals surface area contributed by atoms with Crippen LogP contribution < -0.4 is 11.1 Å². The fourth-order valence-corrected chi connectivity index (χ4v) is 9.28. The number of rotatable bonds is 6. The number of Topliss-reactive ketones (excluding diaryl/α,β-unsaturated/α-hetero) is 1. The standard InChI is InChI=1S/C30H39N3O6Si/c1-7-30(39-23(35)15-31)20-14-21-25(33-16-17-8-9-19(34)12-18(17)13-22(33)32-21)26(36)24(20)27(38-28(30)37)40(5,6)11-10-29(2,3)4/h8-9,12-13,27,32,34H,7,10-11,14-16,31H2,1-6H3. The average molecular weight is 566 g/mol. The molecule has 1 aliphatic carbocycles. The van der Waals surface area contributed by atoms with E-state index in [2.05, 4.69) is 39.2 Å². The molecule has 9 nitrogen and oxygen atoms in total.